The van der Waals surface area contributed by atoms with Crippen LogP contribution in [0.4, 0.5) is 21.2 Å². The highest BCUT2D eigenvalue weighted by Crippen LogP contribution is 2.41. The summed E-state index contributed by atoms with van der Waals surface area (Å²) in [6.45, 7) is 17.2. The lowest BCUT2D eigenvalue weighted by molar-refractivity contribution is -0.114. The topological polar surface area (TPSA) is 233 Å². The standard InChI is InChI=1S/C31H35N5O4.C29H33N5O3.C2H3ClO/c1-20(37)32-28-27-24(22-13-10-16-36(18-22)30(38)40-31(2,3)4)17-25(33-29(27)35-34-28)23-14-8-9-15-26(23)39-19-21-11-6-5-7-12-21;1-29(2,3)37-28(35)34-15-9-12-20(17-34)22-16-23(31-27-25(22)26(30)32-33-27)21-13-7-8-14-24(21)36-18-19-10-5-4-6-11-19;1-2(3)4/h5-9,11-12,14-15,17,22H,10,13,16,18-19H2,1-4H3,(H2,32,33,34,35,37);4-8,10-11,13-14,16,20H,9,12,15,17-18H2,1-3H3,(H3,30,31,32,33);1H3. The molecule has 0 aliphatic carbocycles. The van der Waals surface area contributed by atoms with Gasteiger partial charge in [-0.05, 0) is 137 Å². The Morgan fingerprint density at radius 3 is 1.54 bits per heavy atom. The van der Waals surface area contributed by atoms with Gasteiger partial charge in [0.05, 0.1) is 22.2 Å². The highest BCUT2D eigenvalue weighted by molar-refractivity contribution is 6.62. The molecule has 10 rings (SSSR count). The van der Waals surface area contributed by atoms with E-state index in [1.807, 2.05) is 157 Å². The number of likely N-dealkylation sites (tertiary alicyclic amines) is 2. The van der Waals surface area contributed by atoms with Crippen molar-refractivity contribution in [3.8, 4) is 34.0 Å². The van der Waals surface area contributed by atoms with E-state index in [9.17, 15) is 19.2 Å². The second kappa shape index (κ2) is 26.2. The average Bonchev–Trinajstić information content (AvgIpc) is 4.27. The highest BCUT2D eigenvalue weighted by Gasteiger charge is 2.33. The third-order valence-corrected chi connectivity index (χ3v) is 13.3. The van der Waals surface area contributed by atoms with Gasteiger partial charge in [0.2, 0.25) is 11.1 Å². The van der Waals surface area contributed by atoms with Gasteiger partial charge in [0.15, 0.2) is 17.1 Å². The number of ether oxygens (including phenoxy) is 4. The van der Waals surface area contributed by atoms with Crippen LogP contribution in [0, 0.1) is 0 Å². The number of carbonyl (C=O) groups is 4. The lowest BCUT2D eigenvalue weighted by atomic mass is 9.88. The van der Waals surface area contributed by atoms with Gasteiger partial charge >= 0.3 is 12.2 Å². The smallest absolute Gasteiger partial charge is 0.410 e. The number of fused-ring (bicyclic) bond motifs is 2. The molecule has 2 aliphatic rings. The summed E-state index contributed by atoms with van der Waals surface area (Å²) >= 11 is 4.64. The maximum absolute atomic E-state index is 12.9. The maximum atomic E-state index is 12.9. The highest BCUT2D eigenvalue weighted by atomic mass is 35.5. The lowest BCUT2D eigenvalue weighted by Gasteiger charge is -2.34. The molecule has 2 aliphatic heterocycles. The monoisotopic (exact) mass is 1120 g/mol. The van der Waals surface area contributed by atoms with Gasteiger partial charge in [0.25, 0.3) is 0 Å². The van der Waals surface area contributed by atoms with Crippen LogP contribution in [0.1, 0.15) is 115 Å². The van der Waals surface area contributed by atoms with Crippen LogP contribution in [-0.2, 0) is 32.3 Å². The van der Waals surface area contributed by atoms with Gasteiger partial charge in [-0.2, -0.15) is 10.2 Å². The molecule has 2 saturated heterocycles. The summed E-state index contributed by atoms with van der Waals surface area (Å²) in [7, 11) is 0. The molecule has 2 atom stereocenters. The molecule has 81 heavy (non-hydrogen) atoms. The van der Waals surface area contributed by atoms with E-state index in [1.54, 1.807) is 9.80 Å². The summed E-state index contributed by atoms with van der Waals surface area (Å²) in [6.07, 6.45) is 2.88. The van der Waals surface area contributed by atoms with E-state index in [4.69, 9.17) is 34.6 Å². The van der Waals surface area contributed by atoms with Crippen LogP contribution in [0.15, 0.2) is 121 Å². The quantitative estimate of drug-likeness (QED) is 0.0884. The number of aromatic nitrogens is 6. The molecular formula is C62H71ClN10O8. The summed E-state index contributed by atoms with van der Waals surface area (Å²) < 4.78 is 23.8. The number of amides is 3. The molecule has 0 spiro atoms. The van der Waals surface area contributed by atoms with Crippen molar-refractivity contribution in [2.45, 2.75) is 117 Å². The third-order valence-electron chi connectivity index (χ3n) is 13.3. The third kappa shape index (κ3) is 15.9. The van der Waals surface area contributed by atoms with E-state index in [0.29, 0.717) is 68.1 Å². The molecule has 6 heterocycles. The number of nitrogen functional groups attached to an aromatic ring is 1. The zero-order valence-electron chi connectivity index (χ0n) is 47.2. The number of piperidine rings is 2. The van der Waals surface area contributed by atoms with Crippen LogP contribution in [-0.4, -0.2) is 101 Å². The van der Waals surface area contributed by atoms with Gasteiger partial charge in [0, 0.05) is 63.0 Å². The van der Waals surface area contributed by atoms with E-state index in [-0.39, 0.29) is 35.2 Å². The Balaban J connectivity index is 0.000000200. The fraction of sp³-hybridized carbons (Fsp3) is 0.355. The molecule has 8 aromatic rings. The molecular weight excluding hydrogens is 1050 g/mol. The first kappa shape index (κ1) is 58.6. The largest absolute Gasteiger partial charge is 0.488 e. The average molecular weight is 1120 g/mol. The number of nitrogens with two attached hydrogens (primary N) is 1. The molecule has 0 bridgehead atoms. The lowest BCUT2D eigenvalue weighted by Crippen LogP contribution is -2.42. The summed E-state index contributed by atoms with van der Waals surface area (Å²) in [5, 5.41) is 18.7. The molecule has 2 unspecified atom stereocenters. The molecule has 5 N–H and O–H groups in total. The number of nitrogens with one attached hydrogen (secondary N) is 3. The van der Waals surface area contributed by atoms with E-state index < -0.39 is 11.2 Å². The number of carbonyl (C=O) groups excluding carboxylic acids is 4. The Morgan fingerprint density at radius 2 is 1.07 bits per heavy atom. The molecule has 424 valence electrons. The summed E-state index contributed by atoms with van der Waals surface area (Å²) in [6, 6.07) is 39.9. The van der Waals surface area contributed by atoms with Crippen molar-refractivity contribution in [2.75, 3.05) is 37.2 Å². The Labute approximate surface area is 477 Å². The zero-order chi connectivity index (χ0) is 57.8. The Bertz CT molecular complexity index is 3460. The molecule has 19 heteroatoms. The summed E-state index contributed by atoms with van der Waals surface area (Å²) in [5.74, 6) is 2.21. The number of nitrogens with zero attached hydrogens (tertiary/aromatic N) is 6. The van der Waals surface area contributed by atoms with Gasteiger partial charge in [-0.15, -0.1) is 0 Å². The second-order valence-electron chi connectivity index (χ2n) is 22.0. The minimum atomic E-state index is -0.576. The van der Waals surface area contributed by atoms with Crippen LogP contribution < -0.4 is 20.5 Å². The van der Waals surface area contributed by atoms with Crippen LogP contribution in [0.2, 0.25) is 0 Å². The SMILES string of the molecule is CC(=O)Cl.CC(=O)Nc1n[nH]c2nc(-c3ccccc3OCc3ccccc3)cc(C3CCCN(C(=O)OC(C)(C)C)C3)c12.CC(C)(C)OC(=O)N1CCCC(c2cc(-c3ccccc3OCc3ccccc3)nc3n[nH]c(N)c23)C1. The van der Waals surface area contributed by atoms with Crippen LogP contribution in [0.3, 0.4) is 0 Å². The first-order valence-corrected chi connectivity index (χ1v) is 27.5. The molecule has 18 nitrogen and oxygen atoms in total. The Morgan fingerprint density at radius 1 is 0.630 bits per heavy atom. The van der Waals surface area contributed by atoms with E-state index in [1.165, 1.54) is 13.8 Å². The number of hydrogen-bond donors (Lipinski definition) is 4. The minimum absolute atomic E-state index is 0.00646. The van der Waals surface area contributed by atoms with Gasteiger partial charge in [-0.1, -0.05) is 84.9 Å². The van der Waals surface area contributed by atoms with Crippen LogP contribution >= 0.6 is 11.6 Å². The second-order valence-corrected chi connectivity index (χ2v) is 22.6. The van der Waals surface area contributed by atoms with Gasteiger partial charge in [-0.3, -0.25) is 19.8 Å². The number of aromatic amines is 2. The predicted molar refractivity (Wildman–Crippen MR) is 315 cm³/mol. The van der Waals surface area contributed by atoms with Gasteiger partial charge in [0.1, 0.15) is 41.7 Å². The molecule has 0 saturated carbocycles. The fourth-order valence-electron chi connectivity index (χ4n) is 9.84. The number of benzene rings is 4. The number of para-hydroxylation sites is 2. The van der Waals surface area contributed by atoms with E-state index in [2.05, 4.69) is 43.4 Å². The molecule has 4 aromatic heterocycles. The molecule has 2 fully saturated rings. The predicted octanol–water partition coefficient (Wildman–Crippen LogP) is 12.9. The van der Waals surface area contributed by atoms with Crippen molar-refractivity contribution < 1.29 is 38.1 Å². The number of pyridine rings is 2. The van der Waals surface area contributed by atoms with Crippen LogP contribution in [0.25, 0.3) is 44.6 Å². The zero-order valence-corrected chi connectivity index (χ0v) is 47.9. The van der Waals surface area contributed by atoms with Crippen molar-refractivity contribution >= 4 is 68.6 Å². The molecule has 0 radical (unpaired) electrons. The number of halogens is 1. The fourth-order valence-corrected chi connectivity index (χ4v) is 9.84. The Kier molecular flexibility index (Phi) is 18.9. The first-order valence-electron chi connectivity index (χ1n) is 27.1. The van der Waals surface area contributed by atoms with Crippen LogP contribution in [0.5, 0.6) is 11.5 Å². The molecule has 4 aromatic carbocycles. The van der Waals surface area contributed by atoms with Gasteiger partial charge in [-0.25, -0.2) is 19.6 Å². The van der Waals surface area contributed by atoms with E-state index in [0.717, 1.165) is 87.0 Å². The normalized spacial score (nSPS) is 15.4. The maximum Gasteiger partial charge on any atom is 0.410 e. The van der Waals surface area contributed by atoms with Crippen molar-refractivity contribution in [3.63, 3.8) is 0 Å². The first-order chi connectivity index (χ1) is 38.7. The van der Waals surface area contributed by atoms with Crippen molar-refractivity contribution in [2.24, 2.45) is 0 Å². The van der Waals surface area contributed by atoms with Crippen molar-refractivity contribution in [1.82, 2.24) is 40.2 Å². The van der Waals surface area contributed by atoms with E-state index >= 15 is 0 Å². The number of hydrogen-bond acceptors (Lipinski definition) is 13. The number of rotatable bonds is 11. The summed E-state index contributed by atoms with van der Waals surface area (Å²) in [4.78, 5) is 60.2. The Hall–Kier alpha value is -8.51. The minimum Gasteiger partial charge on any atom is -0.488 e. The summed E-state index contributed by atoms with van der Waals surface area (Å²) in [5.41, 5.74) is 13.6. The number of anilines is 2. The van der Waals surface area contributed by atoms with Gasteiger partial charge < -0.3 is 39.8 Å². The number of H-pyrrole nitrogens is 2. The van der Waals surface area contributed by atoms with Crippen molar-refractivity contribution in [1.29, 1.82) is 0 Å². The molecule has 3 amide bonds. The van der Waals surface area contributed by atoms with Crippen molar-refractivity contribution in [3.05, 3.63) is 144 Å².